The van der Waals surface area contributed by atoms with Crippen molar-refractivity contribution < 1.29 is 13.9 Å². The van der Waals surface area contributed by atoms with E-state index in [9.17, 15) is 4.39 Å². The molecule has 0 spiro atoms. The first-order chi connectivity index (χ1) is 10.2. The molecule has 3 rings (SSSR count). The highest BCUT2D eigenvalue weighted by Gasteiger charge is 2.14. The van der Waals surface area contributed by atoms with Gasteiger partial charge in [0, 0.05) is 24.2 Å². The molecule has 0 amide bonds. The van der Waals surface area contributed by atoms with Gasteiger partial charge < -0.3 is 14.8 Å². The van der Waals surface area contributed by atoms with Crippen LogP contribution in [0.15, 0.2) is 36.4 Å². The van der Waals surface area contributed by atoms with Crippen molar-refractivity contribution in [2.45, 2.75) is 13.0 Å². The molecule has 1 N–H and O–H groups in total. The van der Waals surface area contributed by atoms with Crippen LogP contribution in [0.25, 0.3) is 0 Å². The lowest BCUT2D eigenvalue weighted by molar-refractivity contribution is 0.296. The van der Waals surface area contributed by atoms with Gasteiger partial charge in [-0.05, 0) is 24.3 Å². The third kappa shape index (κ3) is 3.22. The van der Waals surface area contributed by atoms with Gasteiger partial charge in [-0.25, -0.2) is 4.39 Å². The Kier molecular flexibility index (Phi) is 4.15. The van der Waals surface area contributed by atoms with E-state index in [4.69, 9.17) is 21.1 Å². The van der Waals surface area contributed by atoms with Gasteiger partial charge in [0.15, 0.2) is 11.5 Å². The molecule has 0 fully saturated rings. The second kappa shape index (κ2) is 6.22. The van der Waals surface area contributed by atoms with Gasteiger partial charge in [-0.1, -0.05) is 23.7 Å². The van der Waals surface area contributed by atoms with Crippen molar-refractivity contribution in [3.63, 3.8) is 0 Å². The molecule has 2 aromatic rings. The van der Waals surface area contributed by atoms with Gasteiger partial charge in [-0.3, -0.25) is 0 Å². The Bertz CT molecular complexity index is 648. The van der Waals surface area contributed by atoms with E-state index in [-0.39, 0.29) is 5.02 Å². The molecule has 3 nitrogen and oxygen atoms in total. The fraction of sp³-hybridized carbons (Fsp3) is 0.250. The average molecular weight is 308 g/mol. The number of ether oxygens (including phenoxy) is 2. The molecule has 1 heterocycles. The number of hydrogen-bond acceptors (Lipinski definition) is 3. The highest BCUT2D eigenvalue weighted by Crippen LogP contribution is 2.33. The number of anilines is 1. The number of nitrogens with one attached hydrogen (secondary N) is 1. The Hall–Kier alpha value is -1.94. The van der Waals surface area contributed by atoms with Gasteiger partial charge >= 0.3 is 0 Å². The monoisotopic (exact) mass is 307 g/mol. The van der Waals surface area contributed by atoms with E-state index in [2.05, 4.69) is 5.32 Å². The molecule has 0 bridgehead atoms. The van der Waals surface area contributed by atoms with Crippen LogP contribution in [0.4, 0.5) is 10.1 Å². The Morgan fingerprint density at radius 2 is 2.00 bits per heavy atom. The number of hydrogen-bond donors (Lipinski definition) is 1. The van der Waals surface area contributed by atoms with Crippen molar-refractivity contribution in [2.24, 2.45) is 0 Å². The fourth-order valence-electron chi connectivity index (χ4n) is 2.20. The van der Waals surface area contributed by atoms with Crippen molar-refractivity contribution in [2.75, 3.05) is 18.5 Å². The molecule has 1 aliphatic heterocycles. The molecule has 0 atom stereocenters. The number of rotatable bonds is 3. The number of para-hydroxylation sites is 1. The Labute approximate surface area is 127 Å². The fourth-order valence-corrected chi connectivity index (χ4v) is 2.31. The predicted octanol–water partition coefficient (Wildman–Crippen LogP) is 4.25. The van der Waals surface area contributed by atoms with E-state index >= 15 is 0 Å². The van der Waals surface area contributed by atoms with Crippen LogP contribution in [-0.2, 0) is 6.54 Å². The van der Waals surface area contributed by atoms with Crippen molar-refractivity contribution in [1.29, 1.82) is 0 Å². The minimum atomic E-state index is -0.437. The van der Waals surface area contributed by atoms with Crippen molar-refractivity contribution >= 4 is 17.3 Å². The molecule has 0 saturated carbocycles. The zero-order chi connectivity index (χ0) is 14.7. The molecule has 0 radical (unpaired) electrons. The molecular formula is C16H15ClFNO2. The summed E-state index contributed by atoms with van der Waals surface area (Å²) in [5.41, 5.74) is 1.65. The molecule has 21 heavy (non-hydrogen) atoms. The van der Waals surface area contributed by atoms with E-state index < -0.39 is 5.82 Å². The molecule has 0 unspecified atom stereocenters. The Balaban J connectivity index is 1.77. The first-order valence-electron chi connectivity index (χ1n) is 6.80. The zero-order valence-corrected chi connectivity index (χ0v) is 12.1. The number of fused-ring (bicyclic) bond motifs is 1. The quantitative estimate of drug-likeness (QED) is 0.919. The molecule has 0 aliphatic carbocycles. The maximum absolute atomic E-state index is 13.4. The maximum Gasteiger partial charge on any atom is 0.166 e. The first kappa shape index (κ1) is 14.0. The lowest BCUT2D eigenvalue weighted by Crippen LogP contribution is -2.03. The maximum atomic E-state index is 13.4. The zero-order valence-electron chi connectivity index (χ0n) is 11.4. The Morgan fingerprint density at radius 1 is 1.14 bits per heavy atom. The lowest BCUT2D eigenvalue weighted by atomic mass is 10.1. The summed E-state index contributed by atoms with van der Waals surface area (Å²) in [5.74, 6) is 1.08. The summed E-state index contributed by atoms with van der Waals surface area (Å²) in [7, 11) is 0. The van der Waals surface area contributed by atoms with Crippen LogP contribution in [-0.4, -0.2) is 13.2 Å². The summed E-state index contributed by atoms with van der Waals surface area (Å²) < 4.78 is 24.8. The SMILES string of the molecule is Fc1cc(NCc2cccc3c2OCCCO3)ccc1Cl. The van der Waals surface area contributed by atoms with Gasteiger partial charge in [-0.2, -0.15) is 0 Å². The van der Waals surface area contributed by atoms with Crippen molar-refractivity contribution in [3.8, 4) is 11.5 Å². The third-order valence-corrected chi connectivity index (χ3v) is 3.56. The number of halogens is 2. The summed E-state index contributed by atoms with van der Waals surface area (Å²) in [6.45, 7) is 1.82. The largest absolute Gasteiger partial charge is 0.490 e. The van der Waals surface area contributed by atoms with E-state index in [0.717, 1.165) is 23.5 Å². The second-order valence-electron chi connectivity index (χ2n) is 4.78. The molecule has 1 aliphatic rings. The molecule has 0 saturated heterocycles. The van der Waals surface area contributed by atoms with Gasteiger partial charge in [-0.15, -0.1) is 0 Å². The van der Waals surface area contributed by atoms with Gasteiger partial charge in [0.25, 0.3) is 0 Å². The van der Waals surface area contributed by atoms with Crippen molar-refractivity contribution in [1.82, 2.24) is 0 Å². The van der Waals surface area contributed by atoms with E-state index in [0.29, 0.717) is 25.4 Å². The average Bonchev–Trinajstić information content (AvgIpc) is 2.74. The summed E-state index contributed by atoms with van der Waals surface area (Å²) in [6, 6.07) is 10.4. The normalized spacial score (nSPS) is 13.6. The summed E-state index contributed by atoms with van der Waals surface area (Å²) in [4.78, 5) is 0. The predicted molar refractivity (Wildman–Crippen MR) is 80.8 cm³/mol. The van der Waals surface area contributed by atoms with Gasteiger partial charge in [0.2, 0.25) is 0 Å². The van der Waals surface area contributed by atoms with Crippen molar-refractivity contribution in [3.05, 3.63) is 52.8 Å². The third-order valence-electron chi connectivity index (χ3n) is 3.26. The Morgan fingerprint density at radius 3 is 2.86 bits per heavy atom. The summed E-state index contributed by atoms with van der Waals surface area (Å²) >= 11 is 5.67. The lowest BCUT2D eigenvalue weighted by Gasteiger charge is -2.13. The van der Waals surface area contributed by atoms with Gasteiger partial charge in [0.1, 0.15) is 5.82 Å². The molecule has 2 aromatic carbocycles. The minimum absolute atomic E-state index is 0.117. The molecule has 0 aromatic heterocycles. The van der Waals surface area contributed by atoms with Crippen LogP contribution in [0.2, 0.25) is 5.02 Å². The van der Waals surface area contributed by atoms with E-state index in [1.165, 1.54) is 12.1 Å². The highest BCUT2D eigenvalue weighted by molar-refractivity contribution is 6.30. The van der Waals surface area contributed by atoms with E-state index in [1.807, 2.05) is 18.2 Å². The standard InChI is InChI=1S/C16H15ClFNO2/c17-13-6-5-12(9-14(13)18)19-10-11-3-1-4-15-16(11)21-8-2-7-20-15/h1,3-6,9,19H,2,7-8,10H2. The van der Waals surface area contributed by atoms with Gasteiger partial charge in [0.05, 0.1) is 18.2 Å². The van der Waals surface area contributed by atoms with Crippen LogP contribution in [0.1, 0.15) is 12.0 Å². The number of benzene rings is 2. The van der Waals surface area contributed by atoms with Crippen LogP contribution in [0.3, 0.4) is 0 Å². The molecular weight excluding hydrogens is 293 g/mol. The summed E-state index contributed by atoms with van der Waals surface area (Å²) in [5, 5.41) is 3.28. The molecule has 110 valence electrons. The highest BCUT2D eigenvalue weighted by atomic mass is 35.5. The van der Waals surface area contributed by atoms with Crippen LogP contribution < -0.4 is 14.8 Å². The van der Waals surface area contributed by atoms with Crippen LogP contribution in [0, 0.1) is 5.82 Å². The topological polar surface area (TPSA) is 30.5 Å². The van der Waals surface area contributed by atoms with E-state index in [1.54, 1.807) is 6.07 Å². The summed E-state index contributed by atoms with van der Waals surface area (Å²) in [6.07, 6.45) is 0.865. The van der Waals surface area contributed by atoms with Crippen LogP contribution in [0.5, 0.6) is 11.5 Å². The second-order valence-corrected chi connectivity index (χ2v) is 5.18. The minimum Gasteiger partial charge on any atom is -0.490 e. The molecule has 5 heteroatoms. The van der Waals surface area contributed by atoms with Crippen LogP contribution >= 0.6 is 11.6 Å². The smallest absolute Gasteiger partial charge is 0.166 e. The first-order valence-corrected chi connectivity index (χ1v) is 7.18.